The highest BCUT2D eigenvalue weighted by Gasteiger charge is 2.34. The quantitative estimate of drug-likeness (QED) is 0.858. The third-order valence-corrected chi connectivity index (χ3v) is 5.21. The minimum absolute atomic E-state index is 0.00593. The lowest BCUT2D eigenvalue weighted by atomic mass is 10.2. The number of carbonyl (C=O) groups excluding carboxylic acids is 1. The standard InChI is InChI=1S/C19H24N4O2/c1-13(2)23-12-20-17-11-15(5-6-16(17)19(23)25)21-7-9-22(10-8-21)18(24)14-3-4-14/h5-6,11-14H,3-4,7-10H2,1-2H3. The minimum atomic E-state index is 0.00593. The van der Waals surface area contributed by atoms with Gasteiger partial charge in [-0.1, -0.05) is 0 Å². The fourth-order valence-corrected chi connectivity index (χ4v) is 3.46. The predicted octanol–water partition coefficient (Wildman–Crippen LogP) is 2.04. The molecule has 2 fully saturated rings. The smallest absolute Gasteiger partial charge is 0.261 e. The summed E-state index contributed by atoms with van der Waals surface area (Å²) in [6.45, 7) is 7.16. The SMILES string of the molecule is CC(C)n1cnc2cc(N3CCN(C(=O)C4CC4)CC3)ccc2c1=O. The van der Waals surface area contributed by atoms with Crippen molar-refractivity contribution < 1.29 is 4.79 Å². The summed E-state index contributed by atoms with van der Waals surface area (Å²) in [5, 5.41) is 0.655. The van der Waals surface area contributed by atoms with Gasteiger partial charge in [-0.15, -0.1) is 0 Å². The van der Waals surface area contributed by atoms with Crippen LogP contribution in [0, 0.1) is 5.92 Å². The fraction of sp³-hybridized carbons (Fsp3) is 0.526. The Morgan fingerprint density at radius 1 is 1.16 bits per heavy atom. The van der Waals surface area contributed by atoms with Gasteiger partial charge in [-0.25, -0.2) is 4.98 Å². The van der Waals surface area contributed by atoms with Crippen LogP contribution in [0.1, 0.15) is 32.7 Å². The summed E-state index contributed by atoms with van der Waals surface area (Å²) >= 11 is 0. The van der Waals surface area contributed by atoms with E-state index in [9.17, 15) is 9.59 Å². The number of hydrogen-bond acceptors (Lipinski definition) is 4. The zero-order valence-electron chi connectivity index (χ0n) is 14.8. The molecular formula is C19H24N4O2. The molecule has 4 rings (SSSR count). The highest BCUT2D eigenvalue weighted by Crippen LogP contribution is 2.31. The number of anilines is 1. The van der Waals surface area contributed by atoms with E-state index in [0.717, 1.165) is 50.2 Å². The highest BCUT2D eigenvalue weighted by molar-refractivity contribution is 5.82. The molecule has 0 radical (unpaired) electrons. The maximum Gasteiger partial charge on any atom is 0.261 e. The first-order chi connectivity index (χ1) is 12.0. The Morgan fingerprint density at radius 2 is 1.88 bits per heavy atom. The van der Waals surface area contributed by atoms with Crippen molar-refractivity contribution in [2.75, 3.05) is 31.1 Å². The van der Waals surface area contributed by atoms with Crippen molar-refractivity contribution in [1.29, 1.82) is 0 Å². The van der Waals surface area contributed by atoms with Crippen LogP contribution in [0.25, 0.3) is 10.9 Å². The number of rotatable bonds is 3. The third-order valence-electron chi connectivity index (χ3n) is 5.21. The molecule has 2 heterocycles. The highest BCUT2D eigenvalue weighted by atomic mass is 16.2. The summed E-state index contributed by atoms with van der Waals surface area (Å²) in [5.41, 5.74) is 1.81. The summed E-state index contributed by atoms with van der Waals surface area (Å²) in [6, 6.07) is 5.95. The number of hydrogen-bond donors (Lipinski definition) is 0. The van der Waals surface area contributed by atoms with Crippen molar-refractivity contribution in [3.8, 4) is 0 Å². The van der Waals surface area contributed by atoms with Crippen molar-refractivity contribution in [3.05, 3.63) is 34.9 Å². The number of amides is 1. The molecule has 0 spiro atoms. The second kappa shape index (κ2) is 6.17. The van der Waals surface area contributed by atoms with Crippen LogP contribution >= 0.6 is 0 Å². The summed E-state index contributed by atoms with van der Waals surface area (Å²) in [5.74, 6) is 0.619. The van der Waals surface area contributed by atoms with Gasteiger partial charge >= 0.3 is 0 Å². The molecule has 2 aliphatic rings. The molecule has 1 aliphatic carbocycles. The van der Waals surface area contributed by atoms with Gasteiger partial charge < -0.3 is 9.80 Å². The molecule has 1 amide bonds. The van der Waals surface area contributed by atoms with Gasteiger partial charge in [0.2, 0.25) is 5.91 Å². The molecule has 1 aromatic heterocycles. The lowest BCUT2D eigenvalue weighted by Crippen LogP contribution is -2.49. The van der Waals surface area contributed by atoms with Gasteiger partial charge in [-0.05, 0) is 44.9 Å². The maximum atomic E-state index is 12.5. The largest absolute Gasteiger partial charge is 0.368 e. The van der Waals surface area contributed by atoms with E-state index in [0.29, 0.717) is 17.2 Å². The zero-order valence-corrected chi connectivity index (χ0v) is 14.8. The van der Waals surface area contributed by atoms with Crippen molar-refractivity contribution in [2.45, 2.75) is 32.7 Å². The van der Waals surface area contributed by atoms with Crippen molar-refractivity contribution in [1.82, 2.24) is 14.5 Å². The number of piperazine rings is 1. The molecule has 1 aliphatic heterocycles. The first-order valence-electron chi connectivity index (χ1n) is 9.09. The Labute approximate surface area is 147 Å². The lowest BCUT2D eigenvalue weighted by Gasteiger charge is -2.36. The molecular weight excluding hydrogens is 316 g/mol. The molecule has 1 aromatic carbocycles. The van der Waals surface area contributed by atoms with Crippen LogP contribution in [0.5, 0.6) is 0 Å². The number of fused-ring (bicyclic) bond motifs is 1. The normalized spacial score (nSPS) is 18.2. The summed E-state index contributed by atoms with van der Waals surface area (Å²) in [6.07, 6.45) is 3.75. The van der Waals surface area contributed by atoms with E-state index in [1.165, 1.54) is 0 Å². The summed E-state index contributed by atoms with van der Waals surface area (Å²) in [4.78, 5) is 33.4. The van der Waals surface area contributed by atoms with Crippen LogP contribution in [0.3, 0.4) is 0 Å². The van der Waals surface area contributed by atoms with Crippen LogP contribution in [0.15, 0.2) is 29.3 Å². The fourth-order valence-electron chi connectivity index (χ4n) is 3.46. The zero-order chi connectivity index (χ0) is 17.6. The van der Waals surface area contributed by atoms with Crippen LogP contribution in [0.4, 0.5) is 5.69 Å². The van der Waals surface area contributed by atoms with Crippen LogP contribution < -0.4 is 10.5 Å². The second-order valence-electron chi connectivity index (χ2n) is 7.34. The molecule has 0 atom stereocenters. The molecule has 1 saturated carbocycles. The Bertz CT molecular complexity index is 861. The molecule has 0 N–H and O–H groups in total. The Hall–Kier alpha value is -2.37. The Balaban J connectivity index is 1.53. The first kappa shape index (κ1) is 16.1. The summed E-state index contributed by atoms with van der Waals surface area (Å²) < 4.78 is 1.66. The van der Waals surface area contributed by atoms with E-state index in [-0.39, 0.29) is 11.6 Å². The summed E-state index contributed by atoms with van der Waals surface area (Å²) in [7, 11) is 0. The number of aromatic nitrogens is 2. The maximum absolute atomic E-state index is 12.5. The first-order valence-corrected chi connectivity index (χ1v) is 9.09. The van der Waals surface area contributed by atoms with E-state index >= 15 is 0 Å². The van der Waals surface area contributed by atoms with Crippen molar-refractivity contribution in [2.24, 2.45) is 5.92 Å². The average Bonchev–Trinajstić information content (AvgIpc) is 3.46. The molecule has 6 heteroatoms. The van der Waals surface area contributed by atoms with Crippen LogP contribution in [-0.2, 0) is 4.79 Å². The second-order valence-corrected chi connectivity index (χ2v) is 7.34. The van der Waals surface area contributed by atoms with Gasteiger partial charge in [0, 0.05) is 43.8 Å². The molecule has 25 heavy (non-hydrogen) atoms. The van der Waals surface area contributed by atoms with Crippen molar-refractivity contribution in [3.63, 3.8) is 0 Å². The Morgan fingerprint density at radius 3 is 2.52 bits per heavy atom. The predicted molar refractivity (Wildman–Crippen MR) is 97.9 cm³/mol. The monoisotopic (exact) mass is 340 g/mol. The topological polar surface area (TPSA) is 58.4 Å². The van der Waals surface area contributed by atoms with Crippen molar-refractivity contribution >= 4 is 22.5 Å². The van der Waals surface area contributed by atoms with Crippen LogP contribution in [0.2, 0.25) is 0 Å². The molecule has 1 saturated heterocycles. The van der Waals surface area contributed by atoms with Gasteiger partial charge in [0.15, 0.2) is 0 Å². The Kier molecular flexibility index (Phi) is 3.98. The number of benzene rings is 1. The van der Waals surface area contributed by atoms with E-state index in [1.54, 1.807) is 10.9 Å². The van der Waals surface area contributed by atoms with Crippen LogP contribution in [-0.4, -0.2) is 46.5 Å². The van der Waals surface area contributed by atoms with Gasteiger partial charge in [-0.3, -0.25) is 14.2 Å². The van der Waals surface area contributed by atoms with E-state index < -0.39 is 0 Å². The number of nitrogens with zero attached hydrogens (tertiary/aromatic N) is 4. The van der Waals surface area contributed by atoms with E-state index in [1.807, 2.05) is 36.9 Å². The van der Waals surface area contributed by atoms with Gasteiger partial charge in [-0.2, -0.15) is 0 Å². The minimum Gasteiger partial charge on any atom is -0.368 e. The van der Waals surface area contributed by atoms with Gasteiger partial charge in [0.1, 0.15) is 0 Å². The lowest BCUT2D eigenvalue weighted by molar-refractivity contribution is -0.132. The molecule has 132 valence electrons. The van der Waals surface area contributed by atoms with E-state index in [2.05, 4.69) is 9.88 Å². The van der Waals surface area contributed by atoms with Gasteiger partial charge in [0.05, 0.1) is 17.2 Å². The molecule has 2 aromatic rings. The third kappa shape index (κ3) is 3.01. The molecule has 0 bridgehead atoms. The average molecular weight is 340 g/mol. The van der Waals surface area contributed by atoms with Gasteiger partial charge in [0.25, 0.3) is 5.56 Å². The molecule has 0 unspecified atom stereocenters. The number of carbonyl (C=O) groups is 1. The molecule has 6 nitrogen and oxygen atoms in total. The van der Waals surface area contributed by atoms with E-state index in [4.69, 9.17) is 0 Å².